The van der Waals surface area contributed by atoms with Crippen LogP contribution >= 0.6 is 0 Å². The molecular formula is C8H5F2N. The molecule has 0 bridgehead atoms. The van der Waals surface area contributed by atoms with Gasteiger partial charge in [-0.05, 0) is 6.07 Å². The van der Waals surface area contributed by atoms with Crippen molar-refractivity contribution in [3.05, 3.63) is 29.6 Å². The van der Waals surface area contributed by atoms with Crippen molar-refractivity contribution in [2.75, 3.05) is 0 Å². The van der Waals surface area contributed by atoms with Crippen LogP contribution in [0.3, 0.4) is 0 Å². The number of aromatic nitrogens is 1. The summed E-state index contributed by atoms with van der Waals surface area (Å²) in [7, 11) is 0. The molecule has 0 atom stereocenters. The molecule has 0 aromatic carbocycles. The van der Waals surface area contributed by atoms with Crippen LogP contribution in [0.2, 0.25) is 0 Å². The number of nitrogens with zero attached hydrogens (tertiary/aromatic N) is 1. The summed E-state index contributed by atoms with van der Waals surface area (Å²) >= 11 is 0. The number of alkyl halides is 2. The van der Waals surface area contributed by atoms with Crippen LogP contribution in [0, 0.1) is 12.3 Å². The third kappa shape index (κ3) is 1.74. The molecule has 1 rings (SSSR count). The highest BCUT2D eigenvalue weighted by Gasteiger charge is 2.06. The summed E-state index contributed by atoms with van der Waals surface area (Å²) in [5.74, 6) is 2.23. The maximum Gasteiger partial charge on any atom is 0.265 e. The first-order valence-electron chi connectivity index (χ1n) is 2.93. The van der Waals surface area contributed by atoms with E-state index in [2.05, 4.69) is 10.9 Å². The molecule has 0 radical (unpaired) electrons. The van der Waals surface area contributed by atoms with Gasteiger partial charge in [0, 0.05) is 23.5 Å². The second-order valence-electron chi connectivity index (χ2n) is 1.95. The van der Waals surface area contributed by atoms with Gasteiger partial charge in [-0.1, -0.05) is 5.92 Å². The second kappa shape index (κ2) is 3.11. The van der Waals surface area contributed by atoms with E-state index < -0.39 is 6.43 Å². The molecule has 11 heavy (non-hydrogen) atoms. The SMILES string of the molecule is C#Cc1cncc(C(F)F)c1. The molecule has 0 unspecified atom stereocenters. The molecule has 0 spiro atoms. The first-order chi connectivity index (χ1) is 5.24. The van der Waals surface area contributed by atoms with Gasteiger partial charge in [-0.15, -0.1) is 6.42 Å². The van der Waals surface area contributed by atoms with Crippen molar-refractivity contribution in [3.8, 4) is 12.3 Å². The van der Waals surface area contributed by atoms with Crippen molar-refractivity contribution in [1.82, 2.24) is 4.98 Å². The van der Waals surface area contributed by atoms with E-state index in [4.69, 9.17) is 6.42 Å². The van der Waals surface area contributed by atoms with Crippen LogP contribution in [0.25, 0.3) is 0 Å². The topological polar surface area (TPSA) is 12.9 Å². The first-order valence-corrected chi connectivity index (χ1v) is 2.93. The maximum absolute atomic E-state index is 12.0. The summed E-state index contributed by atoms with van der Waals surface area (Å²) in [6.07, 6.45) is 4.95. The Kier molecular flexibility index (Phi) is 2.17. The molecule has 0 amide bonds. The molecular weight excluding hydrogens is 148 g/mol. The largest absolute Gasteiger partial charge is 0.265 e. The summed E-state index contributed by atoms with van der Waals surface area (Å²) in [6, 6.07) is 1.25. The smallest absolute Gasteiger partial charge is 0.263 e. The van der Waals surface area contributed by atoms with E-state index in [1.54, 1.807) is 0 Å². The number of pyridine rings is 1. The van der Waals surface area contributed by atoms with Gasteiger partial charge in [-0.2, -0.15) is 0 Å². The van der Waals surface area contributed by atoms with Gasteiger partial charge < -0.3 is 0 Å². The highest BCUT2D eigenvalue weighted by atomic mass is 19.3. The van der Waals surface area contributed by atoms with Crippen LogP contribution in [-0.4, -0.2) is 4.98 Å². The standard InChI is InChI=1S/C8H5F2N/c1-2-6-3-7(8(9)10)5-11-4-6/h1,3-5,8H. The van der Waals surface area contributed by atoms with Crippen LogP contribution in [0.4, 0.5) is 8.78 Å². The highest BCUT2D eigenvalue weighted by molar-refractivity contribution is 5.32. The summed E-state index contributed by atoms with van der Waals surface area (Å²) < 4.78 is 23.9. The van der Waals surface area contributed by atoms with E-state index in [9.17, 15) is 8.78 Å². The van der Waals surface area contributed by atoms with Crippen molar-refractivity contribution in [2.24, 2.45) is 0 Å². The van der Waals surface area contributed by atoms with Crippen LogP contribution in [0.15, 0.2) is 18.5 Å². The van der Waals surface area contributed by atoms with Crippen molar-refractivity contribution in [3.63, 3.8) is 0 Å². The van der Waals surface area contributed by atoms with Crippen LogP contribution in [0.5, 0.6) is 0 Å². The van der Waals surface area contributed by atoms with Crippen LogP contribution in [-0.2, 0) is 0 Å². The van der Waals surface area contributed by atoms with Gasteiger partial charge in [0.15, 0.2) is 0 Å². The fourth-order valence-corrected chi connectivity index (χ4v) is 0.656. The lowest BCUT2D eigenvalue weighted by molar-refractivity contribution is 0.151. The molecule has 0 aliphatic heterocycles. The minimum absolute atomic E-state index is 0.138. The van der Waals surface area contributed by atoms with Gasteiger partial charge >= 0.3 is 0 Å². The van der Waals surface area contributed by atoms with Crippen LogP contribution in [0.1, 0.15) is 17.6 Å². The van der Waals surface area contributed by atoms with Crippen molar-refractivity contribution < 1.29 is 8.78 Å². The van der Waals surface area contributed by atoms with E-state index in [1.807, 2.05) is 0 Å². The van der Waals surface area contributed by atoms with Gasteiger partial charge in [-0.3, -0.25) is 4.98 Å². The molecule has 0 aliphatic carbocycles. The molecule has 3 heteroatoms. The maximum atomic E-state index is 12.0. The number of rotatable bonds is 1. The van der Waals surface area contributed by atoms with E-state index in [1.165, 1.54) is 12.3 Å². The molecule has 1 nitrogen and oxygen atoms in total. The zero-order valence-electron chi connectivity index (χ0n) is 5.59. The summed E-state index contributed by atoms with van der Waals surface area (Å²) in [5, 5.41) is 0. The lowest BCUT2D eigenvalue weighted by Crippen LogP contribution is -1.87. The Labute approximate surface area is 63.1 Å². The molecule has 1 heterocycles. The van der Waals surface area contributed by atoms with Gasteiger partial charge in [0.05, 0.1) is 0 Å². The number of hydrogen-bond acceptors (Lipinski definition) is 1. The second-order valence-corrected chi connectivity index (χ2v) is 1.95. The minimum Gasteiger partial charge on any atom is -0.263 e. The summed E-state index contributed by atoms with van der Waals surface area (Å²) in [6.45, 7) is 0. The summed E-state index contributed by atoms with van der Waals surface area (Å²) in [5.41, 5.74) is 0.239. The monoisotopic (exact) mass is 153 g/mol. The third-order valence-electron chi connectivity index (χ3n) is 1.18. The molecule has 0 fully saturated rings. The fraction of sp³-hybridized carbons (Fsp3) is 0.125. The molecule has 0 saturated carbocycles. The zero-order valence-corrected chi connectivity index (χ0v) is 5.59. The van der Waals surface area contributed by atoms with Crippen molar-refractivity contribution in [2.45, 2.75) is 6.43 Å². The van der Waals surface area contributed by atoms with Gasteiger partial charge in [-0.25, -0.2) is 8.78 Å². The molecule has 1 aromatic rings. The van der Waals surface area contributed by atoms with E-state index in [0.29, 0.717) is 5.56 Å². The predicted molar refractivity (Wildman–Crippen MR) is 37.1 cm³/mol. The highest BCUT2D eigenvalue weighted by Crippen LogP contribution is 2.17. The summed E-state index contributed by atoms with van der Waals surface area (Å²) in [4.78, 5) is 3.55. The molecule has 0 saturated heterocycles. The van der Waals surface area contributed by atoms with Crippen molar-refractivity contribution in [1.29, 1.82) is 0 Å². The third-order valence-corrected chi connectivity index (χ3v) is 1.18. The molecule has 56 valence electrons. The average molecular weight is 153 g/mol. The normalized spacial score (nSPS) is 9.64. The van der Waals surface area contributed by atoms with E-state index >= 15 is 0 Å². The number of hydrogen-bond donors (Lipinski definition) is 0. The van der Waals surface area contributed by atoms with E-state index in [-0.39, 0.29) is 5.56 Å². The minimum atomic E-state index is -2.50. The quantitative estimate of drug-likeness (QED) is 0.562. The average Bonchev–Trinajstić information content (AvgIpc) is 2.05. The molecule has 0 N–H and O–H groups in total. The zero-order chi connectivity index (χ0) is 8.27. The first kappa shape index (κ1) is 7.67. The Morgan fingerprint density at radius 3 is 2.73 bits per heavy atom. The Morgan fingerprint density at radius 2 is 2.18 bits per heavy atom. The van der Waals surface area contributed by atoms with Crippen LogP contribution < -0.4 is 0 Å². The van der Waals surface area contributed by atoms with Crippen molar-refractivity contribution >= 4 is 0 Å². The number of halogens is 2. The Hall–Kier alpha value is -1.43. The Balaban J connectivity index is 3.03. The Morgan fingerprint density at radius 1 is 1.45 bits per heavy atom. The predicted octanol–water partition coefficient (Wildman–Crippen LogP) is 2.00. The lowest BCUT2D eigenvalue weighted by Gasteiger charge is -1.97. The van der Waals surface area contributed by atoms with Gasteiger partial charge in [0.2, 0.25) is 0 Å². The number of terminal acetylenes is 1. The van der Waals surface area contributed by atoms with Gasteiger partial charge in [0.25, 0.3) is 6.43 Å². The molecule has 0 aliphatic rings. The molecule has 1 aromatic heterocycles. The van der Waals surface area contributed by atoms with Gasteiger partial charge in [0.1, 0.15) is 0 Å². The van der Waals surface area contributed by atoms with E-state index in [0.717, 1.165) is 6.20 Å². The Bertz CT molecular complexity index is 288. The fourth-order valence-electron chi connectivity index (χ4n) is 0.656. The lowest BCUT2D eigenvalue weighted by atomic mass is 10.2.